The Morgan fingerprint density at radius 1 is 1.32 bits per heavy atom. The molecule has 1 aliphatic carbocycles. The molecular formula is C16H20N2S. The molecule has 1 atom stereocenters. The summed E-state index contributed by atoms with van der Waals surface area (Å²) in [6.45, 7) is 5.36. The lowest BCUT2D eigenvalue weighted by Gasteiger charge is -2.08. The quantitative estimate of drug-likeness (QED) is 0.918. The molecule has 1 unspecified atom stereocenters. The molecule has 1 heterocycles. The number of nitrogens with zero attached hydrogens (tertiary/aromatic N) is 1. The second-order valence-electron chi connectivity index (χ2n) is 5.25. The zero-order valence-corrected chi connectivity index (χ0v) is 12.3. The summed E-state index contributed by atoms with van der Waals surface area (Å²) in [6, 6.07) is 9.21. The molecule has 3 rings (SSSR count). The minimum Gasteiger partial charge on any atom is -0.310 e. The van der Waals surface area contributed by atoms with Gasteiger partial charge in [-0.25, -0.2) is 4.98 Å². The summed E-state index contributed by atoms with van der Waals surface area (Å²) in [7, 11) is 0. The van der Waals surface area contributed by atoms with Crippen LogP contribution in [0.2, 0.25) is 0 Å². The number of hydrogen-bond donors (Lipinski definition) is 1. The molecule has 1 aromatic carbocycles. The van der Waals surface area contributed by atoms with Gasteiger partial charge in [0.1, 0.15) is 0 Å². The molecule has 1 aromatic heterocycles. The zero-order valence-electron chi connectivity index (χ0n) is 11.5. The van der Waals surface area contributed by atoms with Gasteiger partial charge in [0.05, 0.1) is 5.01 Å². The van der Waals surface area contributed by atoms with Gasteiger partial charge in [0, 0.05) is 23.0 Å². The topological polar surface area (TPSA) is 24.9 Å². The standard InChI is InChI=1S/C16H20N2S/c1-3-17-11(2)15-10-18-16(19-15)14-8-12-6-4-5-7-13(12)9-14/h4-7,10-11,14,17H,3,8-9H2,1-2H3. The Morgan fingerprint density at radius 2 is 2.00 bits per heavy atom. The Hall–Kier alpha value is -1.19. The maximum absolute atomic E-state index is 4.66. The average molecular weight is 272 g/mol. The van der Waals surface area contributed by atoms with Crippen molar-refractivity contribution in [3.8, 4) is 0 Å². The Balaban J connectivity index is 1.75. The molecule has 1 aliphatic rings. The second-order valence-corrected chi connectivity index (χ2v) is 6.35. The van der Waals surface area contributed by atoms with Gasteiger partial charge in [-0.1, -0.05) is 31.2 Å². The first kappa shape index (κ1) is 12.8. The van der Waals surface area contributed by atoms with Gasteiger partial charge < -0.3 is 5.32 Å². The monoisotopic (exact) mass is 272 g/mol. The van der Waals surface area contributed by atoms with Crippen molar-refractivity contribution in [2.45, 2.75) is 38.6 Å². The Morgan fingerprint density at radius 3 is 2.63 bits per heavy atom. The molecule has 19 heavy (non-hydrogen) atoms. The van der Waals surface area contributed by atoms with E-state index in [9.17, 15) is 0 Å². The minimum atomic E-state index is 0.417. The van der Waals surface area contributed by atoms with Crippen LogP contribution in [0, 0.1) is 0 Å². The highest BCUT2D eigenvalue weighted by Gasteiger charge is 2.25. The Kier molecular flexibility index (Phi) is 3.67. The van der Waals surface area contributed by atoms with Gasteiger partial charge in [-0.15, -0.1) is 11.3 Å². The number of hydrogen-bond acceptors (Lipinski definition) is 3. The normalized spacial score (nSPS) is 16.5. The molecular weight excluding hydrogens is 252 g/mol. The first-order chi connectivity index (χ1) is 9.28. The number of benzene rings is 1. The van der Waals surface area contributed by atoms with Gasteiger partial charge in [0.25, 0.3) is 0 Å². The van der Waals surface area contributed by atoms with Crippen LogP contribution in [0.4, 0.5) is 0 Å². The molecule has 0 amide bonds. The molecule has 0 saturated carbocycles. The average Bonchev–Trinajstić information content (AvgIpc) is 3.05. The molecule has 100 valence electrons. The first-order valence-corrected chi connectivity index (χ1v) is 7.85. The van der Waals surface area contributed by atoms with Crippen LogP contribution in [0.3, 0.4) is 0 Å². The van der Waals surface area contributed by atoms with E-state index in [2.05, 4.69) is 54.6 Å². The number of thiazole rings is 1. The van der Waals surface area contributed by atoms with Gasteiger partial charge in [-0.2, -0.15) is 0 Å². The summed E-state index contributed by atoms with van der Waals surface area (Å²) in [4.78, 5) is 6.02. The maximum atomic E-state index is 4.66. The predicted octanol–water partition coefficient (Wildman–Crippen LogP) is 3.70. The molecule has 1 N–H and O–H groups in total. The molecule has 0 spiro atoms. The van der Waals surface area contributed by atoms with E-state index in [1.54, 1.807) is 0 Å². The van der Waals surface area contributed by atoms with E-state index in [4.69, 9.17) is 0 Å². The SMILES string of the molecule is CCNC(C)c1cnc(C2Cc3ccccc3C2)s1. The van der Waals surface area contributed by atoms with Crippen molar-refractivity contribution in [3.63, 3.8) is 0 Å². The highest BCUT2D eigenvalue weighted by Crippen LogP contribution is 2.36. The smallest absolute Gasteiger partial charge is 0.0965 e. The summed E-state index contributed by atoms with van der Waals surface area (Å²) in [5.74, 6) is 0.588. The van der Waals surface area contributed by atoms with Crippen LogP contribution in [0.5, 0.6) is 0 Å². The highest BCUT2D eigenvalue weighted by molar-refractivity contribution is 7.11. The van der Waals surface area contributed by atoms with Gasteiger partial charge >= 0.3 is 0 Å². The van der Waals surface area contributed by atoms with Crippen LogP contribution in [0.1, 0.15) is 46.8 Å². The third kappa shape index (κ3) is 2.58. The minimum absolute atomic E-state index is 0.417. The number of aromatic nitrogens is 1. The molecule has 3 heteroatoms. The fourth-order valence-corrected chi connectivity index (χ4v) is 3.88. The van der Waals surface area contributed by atoms with E-state index >= 15 is 0 Å². The van der Waals surface area contributed by atoms with Crippen molar-refractivity contribution < 1.29 is 0 Å². The summed E-state index contributed by atoms with van der Waals surface area (Å²) in [5, 5.41) is 4.76. The van der Waals surface area contributed by atoms with Gasteiger partial charge in [-0.05, 0) is 37.4 Å². The van der Waals surface area contributed by atoms with Gasteiger partial charge in [-0.3, -0.25) is 0 Å². The van der Waals surface area contributed by atoms with Crippen molar-refractivity contribution in [2.24, 2.45) is 0 Å². The number of nitrogens with one attached hydrogen (secondary N) is 1. The third-order valence-corrected chi connectivity index (χ3v) is 5.22. The van der Waals surface area contributed by atoms with Gasteiger partial charge in [0.2, 0.25) is 0 Å². The van der Waals surface area contributed by atoms with E-state index in [0.29, 0.717) is 12.0 Å². The molecule has 0 fully saturated rings. The molecule has 0 radical (unpaired) electrons. The highest BCUT2D eigenvalue weighted by atomic mass is 32.1. The molecule has 0 aliphatic heterocycles. The summed E-state index contributed by atoms with van der Waals surface area (Å²) >= 11 is 1.88. The maximum Gasteiger partial charge on any atom is 0.0965 e. The van der Waals surface area contributed by atoms with Crippen LogP contribution < -0.4 is 5.32 Å². The lowest BCUT2D eigenvalue weighted by atomic mass is 10.1. The molecule has 0 bridgehead atoms. The largest absolute Gasteiger partial charge is 0.310 e. The number of rotatable bonds is 4. The lowest BCUT2D eigenvalue weighted by molar-refractivity contribution is 0.606. The molecule has 0 saturated heterocycles. The summed E-state index contributed by atoms with van der Waals surface area (Å²) < 4.78 is 0. The van der Waals surface area contributed by atoms with Crippen LogP contribution in [0.15, 0.2) is 30.5 Å². The summed E-state index contributed by atoms with van der Waals surface area (Å²) in [6.07, 6.45) is 4.35. The van der Waals surface area contributed by atoms with Crippen LogP contribution in [-0.2, 0) is 12.8 Å². The van der Waals surface area contributed by atoms with Crippen molar-refractivity contribution >= 4 is 11.3 Å². The van der Waals surface area contributed by atoms with Crippen molar-refractivity contribution in [2.75, 3.05) is 6.54 Å². The van der Waals surface area contributed by atoms with E-state index in [-0.39, 0.29) is 0 Å². The van der Waals surface area contributed by atoms with Crippen LogP contribution >= 0.6 is 11.3 Å². The Bertz CT molecular complexity index is 536. The first-order valence-electron chi connectivity index (χ1n) is 7.03. The van der Waals surface area contributed by atoms with E-state index in [0.717, 1.165) is 19.4 Å². The van der Waals surface area contributed by atoms with Crippen molar-refractivity contribution in [1.82, 2.24) is 10.3 Å². The van der Waals surface area contributed by atoms with E-state index in [1.807, 2.05) is 11.3 Å². The van der Waals surface area contributed by atoms with Crippen molar-refractivity contribution in [3.05, 3.63) is 51.5 Å². The predicted molar refractivity (Wildman–Crippen MR) is 80.8 cm³/mol. The van der Waals surface area contributed by atoms with Crippen LogP contribution in [-0.4, -0.2) is 11.5 Å². The van der Waals surface area contributed by atoms with E-state index in [1.165, 1.54) is 21.0 Å². The second kappa shape index (κ2) is 5.43. The lowest BCUT2D eigenvalue weighted by Crippen LogP contribution is -2.16. The fraction of sp³-hybridized carbons (Fsp3) is 0.438. The van der Waals surface area contributed by atoms with Crippen molar-refractivity contribution in [1.29, 1.82) is 0 Å². The fourth-order valence-electron chi connectivity index (χ4n) is 2.83. The number of fused-ring (bicyclic) bond motifs is 1. The molecule has 2 aromatic rings. The van der Waals surface area contributed by atoms with E-state index < -0.39 is 0 Å². The van der Waals surface area contributed by atoms with Gasteiger partial charge in [0.15, 0.2) is 0 Å². The third-order valence-electron chi connectivity index (χ3n) is 3.88. The Labute approximate surface area is 118 Å². The zero-order chi connectivity index (χ0) is 13.2. The molecule has 2 nitrogen and oxygen atoms in total. The van der Waals surface area contributed by atoms with Crippen LogP contribution in [0.25, 0.3) is 0 Å². The summed E-state index contributed by atoms with van der Waals surface area (Å²) in [5.41, 5.74) is 3.01.